The van der Waals surface area contributed by atoms with Gasteiger partial charge >= 0.3 is 0 Å². The number of aromatic nitrogens is 2. The van der Waals surface area contributed by atoms with E-state index in [4.69, 9.17) is 0 Å². The highest BCUT2D eigenvalue weighted by molar-refractivity contribution is 5.26. The van der Waals surface area contributed by atoms with E-state index in [9.17, 15) is 0 Å². The zero-order chi connectivity index (χ0) is 12.1. The van der Waals surface area contributed by atoms with Crippen molar-refractivity contribution in [1.82, 2.24) is 14.9 Å². The van der Waals surface area contributed by atoms with E-state index in [2.05, 4.69) is 35.6 Å². The van der Waals surface area contributed by atoms with Crippen molar-refractivity contribution in [2.24, 2.45) is 0 Å². The molecule has 0 radical (unpaired) electrons. The van der Waals surface area contributed by atoms with Gasteiger partial charge in [-0.05, 0) is 38.9 Å². The minimum atomic E-state index is 0.823. The van der Waals surface area contributed by atoms with Gasteiger partial charge in [-0.3, -0.25) is 0 Å². The molecule has 3 heteroatoms. The zero-order valence-corrected chi connectivity index (χ0v) is 11.2. The van der Waals surface area contributed by atoms with Crippen molar-refractivity contribution in [1.29, 1.82) is 0 Å². The van der Waals surface area contributed by atoms with Crippen LogP contribution in [0, 0.1) is 0 Å². The number of nitrogens with zero attached hydrogens (tertiary/aromatic N) is 3. The lowest BCUT2D eigenvalue weighted by molar-refractivity contribution is 0.388. The van der Waals surface area contributed by atoms with Gasteiger partial charge in [0.15, 0.2) is 0 Å². The Bertz CT molecular complexity index is 320. The van der Waals surface area contributed by atoms with E-state index in [-0.39, 0.29) is 0 Å². The molecule has 1 aromatic heterocycles. The Morgan fingerprint density at radius 3 is 1.69 bits per heavy atom. The normalized spacial score (nSPS) is 11.1. The summed E-state index contributed by atoms with van der Waals surface area (Å²) in [4.78, 5) is 11.4. The Morgan fingerprint density at radius 2 is 1.38 bits per heavy atom. The summed E-state index contributed by atoms with van der Waals surface area (Å²) in [5.41, 5.74) is 3.81. The highest BCUT2D eigenvalue weighted by atomic mass is 15.1. The quantitative estimate of drug-likeness (QED) is 0.763. The van der Waals surface area contributed by atoms with Crippen LogP contribution in [0.15, 0.2) is 0 Å². The van der Waals surface area contributed by atoms with Gasteiger partial charge in [0.05, 0.1) is 6.54 Å². The third-order valence-corrected chi connectivity index (χ3v) is 2.71. The average molecular weight is 221 g/mol. The number of aryl methyl sites for hydroxylation is 2. The third-order valence-electron chi connectivity index (χ3n) is 2.71. The molecule has 90 valence electrons. The topological polar surface area (TPSA) is 29.0 Å². The molecule has 0 bridgehead atoms. The summed E-state index contributed by atoms with van der Waals surface area (Å²) in [6.07, 6.45) is 3.03. The predicted molar refractivity (Wildman–Crippen MR) is 67.6 cm³/mol. The largest absolute Gasteiger partial charge is 0.302 e. The van der Waals surface area contributed by atoms with Gasteiger partial charge in [-0.1, -0.05) is 20.8 Å². The fraction of sp³-hybridized carbons (Fsp3) is 0.692. The first kappa shape index (κ1) is 13.1. The Balaban J connectivity index is 3.15. The summed E-state index contributed by atoms with van der Waals surface area (Å²) in [6, 6.07) is 0. The molecule has 0 aliphatic carbocycles. The minimum Gasteiger partial charge on any atom is -0.302 e. The van der Waals surface area contributed by atoms with Gasteiger partial charge in [0, 0.05) is 11.4 Å². The third kappa shape index (κ3) is 3.01. The first-order valence-electron chi connectivity index (χ1n) is 6.14. The van der Waals surface area contributed by atoms with Crippen LogP contribution in [0.2, 0.25) is 0 Å². The monoisotopic (exact) mass is 221 g/mol. The van der Waals surface area contributed by atoms with Crippen molar-refractivity contribution in [2.75, 3.05) is 14.1 Å². The molecule has 0 aliphatic rings. The van der Waals surface area contributed by atoms with E-state index in [0.29, 0.717) is 0 Å². The maximum atomic E-state index is 4.66. The highest BCUT2D eigenvalue weighted by Crippen LogP contribution is 2.14. The van der Waals surface area contributed by atoms with Crippen LogP contribution in [0.4, 0.5) is 0 Å². The summed E-state index contributed by atoms with van der Waals surface area (Å²) in [6.45, 7) is 7.34. The minimum absolute atomic E-state index is 0.823. The Labute approximate surface area is 98.9 Å². The van der Waals surface area contributed by atoms with E-state index in [1.165, 1.54) is 17.0 Å². The van der Waals surface area contributed by atoms with Gasteiger partial charge in [0.1, 0.15) is 5.82 Å². The standard InChI is InChI=1S/C13H23N3/c1-6-10-11(7-2)14-13(9-16(4)5)15-12(10)8-3/h6-9H2,1-5H3. The molecule has 0 aromatic carbocycles. The number of hydrogen-bond donors (Lipinski definition) is 0. The first-order valence-corrected chi connectivity index (χ1v) is 6.14. The fourth-order valence-corrected chi connectivity index (χ4v) is 1.98. The van der Waals surface area contributed by atoms with Gasteiger partial charge in [0.25, 0.3) is 0 Å². The maximum Gasteiger partial charge on any atom is 0.142 e. The zero-order valence-electron chi connectivity index (χ0n) is 11.2. The highest BCUT2D eigenvalue weighted by Gasteiger charge is 2.10. The lowest BCUT2D eigenvalue weighted by Gasteiger charge is -2.14. The van der Waals surface area contributed by atoms with Crippen molar-refractivity contribution in [3.8, 4) is 0 Å². The van der Waals surface area contributed by atoms with Crippen molar-refractivity contribution in [3.05, 3.63) is 22.8 Å². The molecule has 1 heterocycles. The first-order chi connectivity index (χ1) is 7.62. The second-order valence-corrected chi connectivity index (χ2v) is 4.31. The molecule has 0 N–H and O–H groups in total. The molecule has 0 aliphatic heterocycles. The molecule has 0 atom stereocenters. The van der Waals surface area contributed by atoms with Crippen molar-refractivity contribution in [2.45, 2.75) is 46.6 Å². The Kier molecular flexibility index (Phi) is 4.87. The second-order valence-electron chi connectivity index (χ2n) is 4.31. The molecule has 0 amide bonds. The van der Waals surface area contributed by atoms with Gasteiger partial charge in [-0.2, -0.15) is 0 Å². The SMILES string of the molecule is CCc1nc(CN(C)C)nc(CC)c1CC. The molecule has 1 rings (SSSR count). The Morgan fingerprint density at radius 1 is 0.875 bits per heavy atom. The van der Waals surface area contributed by atoms with Crippen molar-refractivity contribution in [3.63, 3.8) is 0 Å². The molecule has 0 spiro atoms. The van der Waals surface area contributed by atoms with E-state index >= 15 is 0 Å². The fourth-order valence-electron chi connectivity index (χ4n) is 1.98. The summed E-state index contributed by atoms with van der Waals surface area (Å²) >= 11 is 0. The molecule has 0 fully saturated rings. The van der Waals surface area contributed by atoms with E-state index in [0.717, 1.165) is 31.6 Å². The van der Waals surface area contributed by atoms with E-state index in [1.807, 2.05) is 14.1 Å². The number of hydrogen-bond acceptors (Lipinski definition) is 3. The summed E-state index contributed by atoms with van der Waals surface area (Å²) < 4.78 is 0. The van der Waals surface area contributed by atoms with Crippen LogP contribution in [0.1, 0.15) is 43.5 Å². The van der Waals surface area contributed by atoms with Crippen LogP contribution in [0.25, 0.3) is 0 Å². The molecular formula is C13H23N3. The predicted octanol–water partition coefficient (Wildman–Crippen LogP) is 2.23. The molecule has 0 saturated heterocycles. The molecular weight excluding hydrogens is 198 g/mol. The summed E-state index contributed by atoms with van der Waals surface area (Å²) in [5, 5.41) is 0. The van der Waals surface area contributed by atoms with Crippen molar-refractivity contribution < 1.29 is 0 Å². The van der Waals surface area contributed by atoms with Gasteiger partial charge < -0.3 is 4.90 Å². The maximum absolute atomic E-state index is 4.66. The second kappa shape index (κ2) is 5.94. The van der Waals surface area contributed by atoms with Gasteiger partial charge in [0.2, 0.25) is 0 Å². The summed E-state index contributed by atoms with van der Waals surface area (Å²) in [7, 11) is 4.10. The average Bonchev–Trinajstić information content (AvgIpc) is 2.26. The van der Waals surface area contributed by atoms with Crippen LogP contribution in [-0.4, -0.2) is 29.0 Å². The molecule has 0 saturated carbocycles. The van der Waals surface area contributed by atoms with Crippen LogP contribution < -0.4 is 0 Å². The van der Waals surface area contributed by atoms with Gasteiger partial charge in [-0.15, -0.1) is 0 Å². The summed E-state index contributed by atoms with van der Waals surface area (Å²) in [5.74, 6) is 0.955. The van der Waals surface area contributed by atoms with Crippen LogP contribution in [0.3, 0.4) is 0 Å². The smallest absolute Gasteiger partial charge is 0.142 e. The Hall–Kier alpha value is -0.960. The van der Waals surface area contributed by atoms with E-state index < -0.39 is 0 Å². The molecule has 0 unspecified atom stereocenters. The molecule has 1 aromatic rings. The van der Waals surface area contributed by atoms with Crippen LogP contribution in [0.5, 0.6) is 0 Å². The lowest BCUT2D eigenvalue weighted by Crippen LogP contribution is -2.16. The van der Waals surface area contributed by atoms with Crippen LogP contribution >= 0.6 is 0 Å². The van der Waals surface area contributed by atoms with Gasteiger partial charge in [-0.25, -0.2) is 9.97 Å². The van der Waals surface area contributed by atoms with Crippen LogP contribution in [-0.2, 0) is 25.8 Å². The lowest BCUT2D eigenvalue weighted by atomic mass is 10.1. The number of rotatable bonds is 5. The molecule has 3 nitrogen and oxygen atoms in total. The molecule has 16 heavy (non-hydrogen) atoms. The van der Waals surface area contributed by atoms with Crippen molar-refractivity contribution >= 4 is 0 Å². The van der Waals surface area contributed by atoms with E-state index in [1.54, 1.807) is 0 Å².